The molecule has 1 saturated carbocycles. The fourth-order valence-electron chi connectivity index (χ4n) is 2.12. The van der Waals surface area contributed by atoms with Crippen LogP contribution in [-0.4, -0.2) is 40.8 Å². The van der Waals surface area contributed by atoms with Gasteiger partial charge in [0, 0.05) is 19.1 Å². The average Bonchev–Trinajstić information content (AvgIpc) is 2.29. The summed E-state index contributed by atoms with van der Waals surface area (Å²) in [6.07, 6.45) is 5.18. The monoisotopic (exact) mass is 314 g/mol. The number of hydrogen-bond donors (Lipinski definition) is 2. The van der Waals surface area contributed by atoms with Crippen LogP contribution in [0.4, 0.5) is 11.6 Å². The number of aromatic nitrogens is 2. The molecule has 0 amide bonds. The Morgan fingerprint density at radius 1 is 1.50 bits per heavy atom. The van der Waals surface area contributed by atoms with Crippen molar-refractivity contribution in [3.05, 3.63) is 10.8 Å². The smallest absolute Gasteiger partial charge is 0.148 e. The van der Waals surface area contributed by atoms with Gasteiger partial charge in [0.05, 0.1) is 6.61 Å². The highest BCUT2D eigenvalue weighted by Crippen LogP contribution is 2.34. The lowest BCUT2D eigenvalue weighted by molar-refractivity contribution is 0.283. The highest BCUT2D eigenvalue weighted by Gasteiger charge is 2.27. The minimum absolute atomic E-state index is 0.142. The van der Waals surface area contributed by atoms with Crippen molar-refractivity contribution in [3.63, 3.8) is 0 Å². The Labute approximate surface area is 116 Å². The molecule has 1 heterocycles. The predicted molar refractivity (Wildman–Crippen MR) is 76.0 cm³/mol. The average molecular weight is 315 g/mol. The molecule has 1 aromatic rings. The van der Waals surface area contributed by atoms with Gasteiger partial charge in [-0.25, -0.2) is 9.97 Å². The van der Waals surface area contributed by atoms with Gasteiger partial charge in [0.2, 0.25) is 0 Å². The molecule has 2 rings (SSSR count). The SMILES string of the molecule is CCNc1ncnc(N(CCO)C2CCC2)c1Br. The molecule has 18 heavy (non-hydrogen) atoms. The normalized spacial score (nSPS) is 15.3. The molecular formula is C12H19BrN4O. The molecule has 6 heteroatoms. The number of anilines is 2. The van der Waals surface area contributed by atoms with Gasteiger partial charge < -0.3 is 15.3 Å². The molecule has 0 unspecified atom stereocenters. The molecule has 0 radical (unpaired) electrons. The zero-order valence-electron chi connectivity index (χ0n) is 10.6. The van der Waals surface area contributed by atoms with Crippen LogP contribution in [0.2, 0.25) is 0 Å². The van der Waals surface area contributed by atoms with Crippen LogP contribution in [-0.2, 0) is 0 Å². The van der Waals surface area contributed by atoms with Crippen molar-refractivity contribution in [1.82, 2.24) is 9.97 Å². The summed E-state index contributed by atoms with van der Waals surface area (Å²) in [5.74, 6) is 1.68. The maximum atomic E-state index is 9.21. The van der Waals surface area contributed by atoms with Gasteiger partial charge in [-0.05, 0) is 42.1 Å². The van der Waals surface area contributed by atoms with Crippen molar-refractivity contribution in [3.8, 4) is 0 Å². The van der Waals surface area contributed by atoms with Gasteiger partial charge in [0.25, 0.3) is 0 Å². The zero-order chi connectivity index (χ0) is 13.0. The van der Waals surface area contributed by atoms with E-state index < -0.39 is 0 Å². The largest absolute Gasteiger partial charge is 0.395 e. The van der Waals surface area contributed by atoms with E-state index in [1.807, 2.05) is 6.92 Å². The van der Waals surface area contributed by atoms with Crippen LogP contribution in [0.5, 0.6) is 0 Å². The van der Waals surface area contributed by atoms with E-state index in [-0.39, 0.29) is 6.61 Å². The Hall–Kier alpha value is -0.880. The number of hydrogen-bond acceptors (Lipinski definition) is 5. The first-order valence-electron chi connectivity index (χ1n) is 6.39. The molecule has 2 N–H and O–H groups in total. The minimum Gasteiger partial charge on any atom is -0.395 e. The van der Waals surface area contributed by atoms with E-state index in [0.29, 0.717) is 12.6 Å². The Kier molecular flexibility index (Phi) is 4.77. The van der Waals surface area contributed by atoms with Crippen LogP contribution in [0, 0.1) is 0 Å². The summed E-state index contributed by atoms with van der Waals surface area (Å²) in [5.41, 5.74) is 0. The van der Waals surface area contributed by atoms with Crippen LogP contribution < -0.4 is 10.2 Å². The Morgan fingerprint density at radius 2 is 2.28 bits per heavy atom. The quantitative estimate of drug-likeness (QED) is 0.841. The number of aliphatic hydroxyl groups excluding tert-OH is 1. The summed E-state index contributed by atoms with van der Waals surface area (Å²) in [4.78, 5) is 10.8. The van der Waals surface area contributed by atoms with Crippen LogP contribution in [0.1, 0.15) is 26.2 Å². The van der Waals surface area contributed by atoms with Gasteiger partial charge in [0.15, 0.2) is 0 Å². The van der Waals surface area contributed by atoms with Gasteiger partial charge >= 0.3 is 0 Å². The molecule has 1 fully saturated rings. The summed E-state index contributed by atoms with van der Waals surface area (Å²) < 4.78 is 0.882. The van der Waals surface area contributed by atoms with E-state index in [2.05, 4.69) is 36.1 Å². The summed E-state index contributed by atoms with van der Waals surface area (Å²) >= 11 is 3.56. The minimum atomic E-state index is 0.142. The van der Waals surface area contributed by atoms with Gasteiger partial charge in [0.1, 0.15) is 22.4 Å². The van der Waals surface area contributed by atoms with Crippen molar-refractivity contribution in [2.45, 2.75) is 32.2 Å². The van der Waals surface area contributed by atoms with Crippen LogP contribution in [0.25, 0.3) is 0 Å². The molecule has 0 aromatic carbocycles. The lowest BCUT2D eigenvalue weighted by atomic mass is 9.91. The number of nitrogens with zero attached hydrogens (tertiary/aromatic N) is 3. The second kappa shape index (κ2) is 6.33. The molecule has 5 nitrogen and oxygen atoms in total. The third kappa shape index (κ3) is 2.75. The van der Waals surface area contributed by atoms with E-state index in [9.17, 15) is 5.11 Å². The van der Waals surface area contributed by atoms with Gasteiger partial charge in [-0.3, -0.25) is 0 Å². The van der Waals surface area contributed by atoms with E-state index in [0.717, 1.165) is 22.7 Å². The maximum absolute atomic E-state index is 9.21. The lowest BCUT2D eigenvalue weighted by Crippen LogP contribution is -2.42. The molecule has 1 aromatic heterocycles. The van der Waals surface area contributed by atoms with Crippen molar-refractivity contribution in [1.29, 1.82) is 0 Å². The van der Waals surface area contributed by atoms with Crippen molar-refractivity contribution in [2.75, 3.05) is 29.9 Å². The number of aliphatic hydroxyl groups is 1. The molecule has 1 aliphatic carbocycles. The molecule has 0 bridgehead atoms. The molecule has 0 atom stereocenters. The van der Waals surface area contributed by atoms with E-state index in [4.69, 9.17) is 0 Å². The topological polar surface area (TPSA) is 61.3 Å². The van der Waals surface area contributed by atoms with E-state index in [1.54, 1.807) is 6.33 Å². The maximum Gasteiger partial charge on any atom is 0.148 e. The lowest BCUT2D eigenvalue weighted by Gasteiger charge is -2.38. The zero-order valence-corrected chi connectivity index (χ0v) is 12.2. The number of nitrogens with one attached hydrogen (secondary N) is 1. The summed E-state index contributed by atoms with van der Waals surface area (Å²) in [7, 11) is 0. The number of rotatable bonds is 6. The molecule has 0 spiro atoms. The number of halogens is 1. The molecule has 100 valence electrons. The molecule has 0 aliphatic heterocycles. The van der Waals surface area contributed by atoms with Crippen molar-refractivity contribution >= 4 is 27.6 Å². The van der Waals surface area contributed by atoms with Gasteiger partial charge in [-0.15, -0.1) is 0 Å². The second-order valence-corrected chi connectivity index (χ2v) is 5.18. The standard InChI is InChI=1S/C12H19BrN4O/c1-2-14-11-10(13)12(16-8-15-11)17(6-7-18)9-4-3-5-9/h8-9,18H,2-7H2,1H3,(H,14,15,16). The van der Waals surface area contributed by atoms with Crippen molar-refractivity contribution < 1.29 is 5.11 Å². The third-order valence-electron chi connectivity index (χ3n) is 3.24. The Bertz CT molecular complexity index is 398. The van der Waals surface area contributed by atoms with Crippen LogP contribution >= 0.6 is 15.9 Å². The van der Waals surface area contributed by atoms with Gasteiger partial charge in [-0.1, -0.05) is 0 Å². The molecular weight excluding hydrogens is 296 g/mol. The molecule has 0 saturated heterocycles. The summed E-state index contributed by atoms with van der Waals surface area (Å²) in [6, 6.07) is 0.498. The van der Waals surface area contributed by atoms with Crippen molar-refractivity contribution in [2.24, 2.45) is 0 Å². The fraction of sp³-hybridized carbons (Fsp3) is 0.667. The Balaban J connectivity index is 2.25. The first-order chi connectivity index (χ1) is 8.77. The van der Waals surface area contributed by atoms with Crippen LogP contribution in [0.15, 0.2) is 10.8 Å². The van der Waals surface area contributed by atoms with E-state index >= 15 is 0 Å². The summed E-state index contributed by atoms with van der Waals surface area (Å²) in [6.45, 7) is 3.61. The highest BCUT2D eigenvalue weighted by molar-refractivity contribution is 9.10. The summed E-state index contributed by atoms with van der Waals surface area (Å²) in [5, 5.41) is 12.4. The highest BCUT2D eigenvalue weighted by atomic mass is 79.9. The first-order valence-corrected chi connectivity index (χ1v) is 7.19. The molecule has 1 aliphatic rings. The third-order valence-corrected chi connectivity index (χ3v) is 3.97. The van der Waals surface area contributed by atoms with Gasteiger partial charge in [-0.2, -0.15) is 0 Å². The van der Waals surface area contributed by atoms with E-state index in [1.165, 1.54) is 19.3 Å². The second-order valence-electron chi connectivity index (χ2n) is 4.39. The Morgan fingerprint density at radius 3 is 2.83 bits per heavy atom. The fourth-order valence-corrected chi connectivity index (χ4v) is 2.69. The van der Waals surface area contributed by atoms with Crippen LogP contribution in [0.3, 0.4) is 0 Å². The predicted octanol–water partition coefficient (Wildman–Crippen LogP) is 2.02. The first kappa shape index (κ1) is 13.5.